The zero-order valence-corrected chi connectivity index (χ0v) is 20.3. The molecule has 0 spiro atoms. The van der Waals surface area contributed by atoms with Crippen LogP contribution in [0, 0.1) is 6.92 Å². The summed E-state index contributed by atoms with van der Waals surface area (Å²) in [5.74, 6) is 1.58. The molecular weight excluding hydrogens is 456 g/mol. The second-order valence-electron chi connectivity index (χ2n) is 8.07. The predicted octanol–water partition coefficient (Wildman–Crippen LogP) is 6.14. The normalized spacial score (nSPS) is 10.9. The average Bonchev–Trinajstić information content (AvgIpc) is 3.32. The number of aromatic nitrogens is 3. The summed E-state index contributed by atoms with van der Waals surface area (Å²) >= 11 is 1.35. The summed E-state index contributed by atoms with van der Waals surface area (Å²) in [6.07, 6.45) is 0. The van der Waals surface area contributed by atoms with Gasteiger partial charge < -0.3 is 10.1 Å². The lowest BCUT2D eigenvalue weighted by Crippen LogP contribution is -2.14. The van der Waals surface area contributed by atoms with Crippen LogP contribution < -0.4 is 10.1 Å². The Kier molecular flexibility index (Phi) is 6.50. The number of nitrogens with zero attached hydrogens (tertiary/aromatic N) is 3. The molecular formula is C28H24N4O2S. The highest BCUT2D eigenvalue weighted by molar-refractivity contribution is 7.99. The fraction of sp³-hybridized carbons (Fsp3) is 0.107. The molecule has 4 aromatic carbocycles. The van der Waals surface area contributed by atoms with Gasteiger partial charge in [-0.2, -0.15) is 0 Å². The Morgan fingerprint density at radius 3 is 2.43 bits per heavy atom. The van der Waals surface area contributed by atoms with Gasteiger partial charge in [0.15, 0.2) is 11.0 Å². The van der Waals surface area contributed by atoms with Crippen LogP contribution in [0.2, 0.25) is 0 Å². The Balaban J connectivity index is 1.41. The highest BCUT2D eigenvalue weighted by Gasteiger charge is 2.18. The van der Waals surface area contributed by atoms with Crippen LogP contribution in [0.4, 0.5) is 5.69 Å². The van der Waals surface area contributed by atoms with E-state index in [1.807, 2.05) is 102 Å². The van der Waals surface area contributed by atoms with Crippen molar-refractivity contribution in [3.05, 3.63) is 96.6 Å². The maximum Gasteiger partial charge on any atom is 0.234 e. The molecule has 0 fully saturated rings. The lowest BCUT2D eigenvalue weighted by molar-refractivity contribution is -0.113. The van der Waals surface area contributed by atoms with E-state index in [1.54, 1.807) is 7.11 Å². The van der Waals surface area contributed by atoms with Crippen molar-refractivity contribution in [1.29, 1.82) is 0 Å². The van der Waals surface area contributed by atoms with E-state index in [-0.39, 0.29) is 11.7 Å². The molecule has 0 bridgehead atoms. The number of rotatable bonds is 7. The monoisotopic (exact) mass is 480 g/mol. The molecule has 174 valence electrons. The fourth-order valence-corrected chi connectivity index (χ4v) is 4.62. The summed E-state index contributed by atoms with van der Waals surface area (Å²) in [4.78, 5) is 12.9. The zero-order valence-electron chi connectivity index (χ0n) is 19.4. The minimum absolute atomic E-state index is 0.104. The molecule has 5 rings (SSSR count). The average molecular weight is 481 g/mol. The number of anilines is 1. The lowest BCUT2D eigenvalue weighted by atomic mass is 10.1. The minimum atomic E-state index is -0.104. The van der Waals surface area contributed by atoms with E-state index in [1.165, 1.54) is 17.3 Å². The second-order valence-corrected chi connectivity index (χ2v) is 9.01. The van der Waals surface area contributed by atoms with Crippen molar-refractivity contribution < 1.29 is 9.53 Å². The third kappa shape index (κ3) is 4.90. The van der Waals surface area contributed by atoms with Crippen LogP contribution in [0.5, 0.6) is 5.75 Å². The number of methoxy groups -OCH3 is 1. The van der Waals surface area contributed by atoms with Crippen molar-refractivity contribution in [1.82, 2.24) is 14.8 Å². The largest absolute Gasteiger partial charge is 0.497 e. The summed E-state index contributed by atoms with van der Waals surface area (Å²) in [6.45, 7) is 2.05. The third-order valence-electron chi connectivity index (χ3n) is 5.67. The van der Waals surface area contributed by atoms with Gasteiger partial charge in [-0.05, 0) is 42.6 Å². The topological polar surface area (TPSA) is 69.0 Å². The second kappa shape index (κ2) is 10.0. The van der Waals surface area contributed by atoms with Crippen molar-refractivity contribution in [3.63, 3.8) is 0 Å². The van der Waals surface area contributed by atoms with Crippen LogP contribution in [0.25, 0.3) is 27.8 Å². The van der Waals surface area contributed by atoms with E-state index in [0.29, 0.717) is 11.0 Å². The molecule has 0 aliphatic carbocycles. The number of hydrogen-bond donors (Lipinski definition) is 1. The first-order valence-electron chi connectivity index (χ1n) is 11.2. The molecule has 1 amide bonds. The van der Waals surface area contributed by atoms with E-state index < -0.39 is 0 Å². The number of nitrogens with one attached hydrogen (secondary N) is 1. The molecule has 0 unspecified atom stereocenters. The third-order valence-corrected chi connectivity index (χ3v) is 6.60. The van der Waals surface area contributed by atoms with Gasteiger partial charge in [-0.3, -0.25) is 9.36 Å². The molecule has 7 heteroatoms. The molecule has 1 heterocycles. The van der Waals surface area contributed by atoms with E-state index >= 15 is 0 Å². The van der Waals surface area contributed by atoms with Crippen LogP contribution in [0.1, 0.15) is 5.56 Å². The Bertz CT molecular complexity index is 1470. The minimum Gasteiger partial charge on any atom is -0.497 e. The van der Waals surface area contributed by atoms with Crippen LogP contribution in [-0.4, -0.2) is 33.5 Å². The summed E-state index contributed by atoms with van der Waals surface area (Å²) < 4.78 is 7.28. The lowest BCUT2D eigenvalue weighted by Gasteiger charge is -2.12. The molecule has 35 heavy (non-hydrogen) atoms. The first-order chi connectivity index (χ1) is 17.1. The van der Waals surface area contributed by atoms with E-state index in [9.17, 15) is 4.79 Å². The molecule has 0 aliphatic rings. The van der Waals surface area contributed by atoms with E-state index in [4.69, 9.17) is 4.74 Å². The van der Waals surface area contributed by atoms with Crippen LogP contribution in [0.3, 0.4) is 0 Å². The summed E-state index contributed by atoms with van der Waals surface area (Å²) in [5, 5.41) is 14.7. The number of thioether (sulfide) groups is 1. The molecule has 6 nitrogen and oxygen atoms in total. The molecule has 5 aromatic rings. The Morgan fingerprint density at radius 1 is 0.914 bits per heavy atom. The predicted molar refractivity (Wildman–Crippen MR) is 141 cm³/mol. The number of ether oxygens (including phenoxy) is 1. The Morgan fingerprint density at radius 2 is 1.66 bits per heavy atom. The van der Waals surface area contributed by atoms with Gasteiger partial charge in [-0.15, -0.1) is 10.2 Å². The van der Waals surface area contributed by atoms with Crippen LogP contribution in [-0.2, 0) is 4.79 Å². The quantitative estimate of drug-likeness (QED) is 0.284. The summed E-state index contributed by atoms with van der Waals surface area (Å²) in [7, 11) is 1.64. The standard InChI is InChI=1S/C28H24N4O2S/c1-19-10-12-21(13-11-19)27-30-31-28(32(27)22-14-16-23(34-2)17-15-22)35-18-26(33)29-25-9-5-7-20-6-3-4-8-24(20)25/h3-17H,18H2,1-2H3,(H,29,33). The van der Waals surface area contributed by atoms with Gasteiger partial charge in [0.25, 0.3) is 0 Å². The maximum atomic E-state index is 12.9. The zero-order chi connectivity index (χ0) is 24.2. The molecule has 0 aliphatic heterocycles. The first kappa shape index (κ1) is 22.7. The number of hydrogen-bond acceptors (Lipinski definition) is 5. The van der Waals surface area contributed by atoms with Gasteiger partial charge in [0, 0.05) is 22.3 Å². The summed E-state index contributed by atoms with van der Waals surface area (Å²) in [6, 6.07) is 29.8. The van der Waals surface area contributed by atoms with Crippen molar-refractivity contribution in [2.45, 2.75) is 12.1 Å². The van der Waals surface area contributed by atoms with Crippen LogP contribution >= 0.6 is 11.8 Å². The molecule has 1 aromatic heterocycles. The number of benzene rings is 4. The van der Waals surface area contributed by atoms with Gasteiger partial charge in [0.2, 0.25) is 5.91 Å². The Hall–Kier alpha value is -4.10. The van der Waals surface area contributed by atoms with E-state index in [0.717, 1.165) is 33.5 Å². The smallest absolute Gasteiger partial charge is 0.234 e. The molecule has 0 saturated heterocycles. The number of carbonyl (C=O) groups is 1. The fourth-order valence-electron chi connectivity index (χ4n) is 3.87. The molecule has 0 saturated carbocycles. The molecule has 1 N–H and O–H groups in total. The van der Waals surface area contributed by atoms with Crippen molar-refractivity contribution in [2.24, 2.45) is 0 Å². The van der Waals surface area contributed by atoms with E-state index in [2.05, 4.69) is 15.5 Å². The highest BCUT2D eigenvalue weighted by Crippen LogP contribution is 2.30. The van der Waals surface area contributed by atoms with Gasteiger partial charge >= 0.3 is 0 Å². The molecule has 0 radical (unpaired) electrons. The first-order valence-corrected chi connectivity index (χ1v) is 12.2. The van der Waals surface area contributed by atoms with Gasteiger partial charge in [-0.25, -0.2) is 0 Å². The van der Waals surface area contributed by atoms with Crippen LogP contribution in [0.15, 0.2) is 96.2 Å². The van der Waals surface area contributed by atoms with Gasteiger partial charge in [0.1, 0.15) is 5.75 Å². The summed E-state index contributed by atoms with van der Waals surface area (Å²) in [5.41, 5.74) is 3.81. The maximum absolute atomic E-state index is 12.9. The number of aryl methyl sites for hydroxylation is 1. The molecule has 0 atom stereocenters. The van der Waals surface area contributed by atoms with Crippen molar-refractivity contribution in [2.75, 3.05) is 18.2 Å². The number of carbonyl (C=O) groups excluding carboxylic acids is 1. The highest BCUT2D eigenvalue weighted by atomic mass is 32.2. The van der Waals surface area contributed by atoms with Crippen molar-refractivity contribution >= 4 is 34.1 Å². The Labute approximate surface area is 208 Å². The number of amides is 1. The van der Waals surface area contributed by atoms with Crippen molar-refractivity contribution in [3.8, 4) is 22.8 Å². The number of fused-ring (bicyclic) bond motifs is 1. The van der Waals surface area contributed by atoms with Gasteiger partial charge in [0.05, 0.1) is 12.9 Å². The van der Waals surface area contributed by atoms with Gasteiger partial charge in [-0.1, -0.05) is 78.0 Å². The SMILES string of the molecule is COc1ccc(-n2c(SCC(=O)Nc3cccc4ccccc34)nnc2-c2ccc(C)cc2)cc1.